The lowest BCUT2D eigenvalue weighted by molar-refractivity contribution is -0.927. The molecule has 134 valence electrons. The lowest BCUT2D eigenvalue weighted by atomic mass is 10.1. The monoisotopic (exact) mass is 360 g/mol. The number of rotatable bonds is 7. The van der Waals surface area contributed by atoms with Gasteiger partial charge in [-0.25, -0.2) is 4.39 Å². The van der Waals surface area contributed by atoms with Gasteiger partial charge in [0.2, 0.25) is 0 Å². The number of nitrogens with one attached hydrogen (secondary N) is 3. The van der Waals surface area contributed by atoms with E-state index in [1.807, 2.05) is 12.1 Å². The Kier molecular flexibility index (Phi) is 7.34. The molecule has 3 nitrogen and oxygen atoms in total. The number of hydrogen-bond donors (Lipinski definition) is 3. The molecule has 2 aromatic carbocycles. The fourth-order valence-electron chi connectivity index (χ4n) is 2.97. The third kappa shape index (κ3) is 5.51. The van der Waals surface area contributed by atoms with E-state index < -0.39 is 0 Å². The van der Waals surface area contributed by atoms with Crippen molar-refractivity contribution in [2.24, 2.45) is 0 Å². The molecule has 0 unspecified atom stereocenters. The van der Waals surface area contributed by atoms with Crippen molar-refractivity contribution >= 4 is 23.0 Å². The molecule has 0 aromatic heterocycles. The average molecular weight is 361 g/mol. The number of thiocarbonyl (C=S) groups is 1. The van der Waals surface area contributed by atoms with Crippen molar-refractivity contribution in [2.45, 2.75) is 26.8 Å². The maximum Gasteiger partial charge on any atom is 0.171 e. The number of hydrogen-bond acceptors (Lipinski definition) is 1. The summed E-state index contributed by atoms with van der Waals surface area (Å²) in [5.74, 6) is -0.234. The summed E-state index contributed by atoms with van der Waals surface area (Å²) >= 11 is 5.39. The number of benzene rings is 2. The van der Waals surface area contributed by atoms with E-state index >= 15 is 0 Å². The SMILES string of the molecule is CC[NH+](CC)[C@@H](CNC(=S)Nc1ccc(C)c(F)c1)c1ccccc1. The van der Waals surface area contributed by atoms with Gasteiger partial charge in [0.1, 0.15) is 11.9 Å². The van der Waals surface area contributed by atoms with Crippen molar-refractivity contribution < 1.29 is 9.29 Å². The van der Waals surface area contributed by atoms with Gasteiger partial charge in [-0.2, -0.15) is 0 Å². The zero-order valence-corrected chi connectivity index (χ0v) is 15.9. The highest BCUT2D eigenvalue weighted by Crippen LogP contribution is 2.13. The molecule has 0 fully saturated rings. The van der Waals surface area contributed by atoms with E-state index in [9.17, 15) is 4.39 Å². The van der Waals surface area contributed by atoms with Crippen LogP contribution < -0.4 is 15.5 Å². The molecule has 0 heterocycles. The van der Waals surface area contributed by atoms with Crippen LogP contribution in [0.25, 0.3) is 0 Å². The first-order valence-corrected chi connectivity index (χ1v) is 9.16. The second-order valence-corrected chi connectivity index (χ2v) is 6.54. The topological polar surface area (TPSA) is 28.5 Å². The van der Waals surface area contributed by atoms with Crippen molar-refractivity contribution in [1.29, 1.82) is 0 Å². The fourth-order valence-corrected chi connectivity index (χ4v) is 3.17. The highest BCUT2D eigenvalue weighted by Gasteiger charge is 2.21. The third-order valence-electron chi connectivity index (χ3n) is 4.50. The van der Waals surface area contributed by atoms with E-state index in [1.54, 1.807) is 13.0 Å². The minimum absolute atomic E-state index is 0.234. The molecule has 0 aliphatic rings. The predicted octanol–water partition coefficient (Wildman–Crippen LogP) is 3.09. The van der Waals surface area contributed by atoms with Gasteiger partial charge in [-0.1, -0.05) is 36.4 Å². The molecule has 3 N–H and O–H groups in total. The van der Waals surface area contributed by atoms with E-state index in [0.717, 1.165) is 19.6 Å². The molecule has 0 aliphatic carbocycles. The summed E-state index contributed by atoms with van der Waals surface area (Å²) in [6.07, 6.45) is 0. The summed E-state index contributed by atoms with van der Waals surface area (Å²) < 4.78 is 13.7. The predicted molar refractivity (Wildman–Crippen MR) is 107 cm³/mol. The highest BCUT2D eigenvalue weighted by atomic mass is 32.1. The Morgan fingerprint density at radius 2 is 1.80 bits per heavy atom. The second kappa shape index (κ2) is 9.49. The van der Waals surface area contributed by atoms with Crippen molar-refractivity contribution in [3.63, 3.8) is 0 Å². The average Bonchev–Trinajstić information content (AvgIpc) is 2.62. The van der Waals surface area contributed by atoms with Gasteiger partial charge < -0.3 is 15.5 Å². The molecule has 1 atom stereocenters. The van der Waals surface area contributed by atoms with Gasteiger partial charge in [0, 0.05) is 11.3 Å². The molecule has 0 saturated carbocycles. The van der Waals surface area contributed by atoms with Gasteiger partial charge in [-0.15, -0.1) is 0 Å². The van der Waals surface area contributed by atoms with Crippen molar-refractivity contribution in [3.05, 3.63) is 65.5 Å². The van der Waals surface area contributed by atoms with Crippen LogP contribution in [0.2, 0.25) is 0 Å². The second-order valence-electron chi connectivity index (χ2n) is 6.13. The van der Waals surface area contributed by atoms with Gasteiger partial charge in [-0.05, 0) is 50.7 Å². The summed E-state index contributed by atoms with van der Waals surface area (Å²) in [7, 11) is 0. The lowest BCUT2D eigenvalue weighted by Gasteiger charge is -2.27. The summed E-state index contributed by atoms with van der Waals surface area (Å²) in [5, 5.41) is 6.86. The first-order valence-electron chi connectivity index (χ1n) is 8.75. The largest absolute Gasteiger partial charge is 0.356 e. The summed E-state index contributed by atoms with van der Waals surface area (Å²) in [5.41, 5.74) is 2.57. The van der Waals surface area contributed by atoms with Gasteiger partial charge in [-0.3, -0.25) is 0 Å². The number of anilines is 1. The van der Waals surface area contributed by atoms with Crippen LogP contribution in [0.1, 0.15) is 31.0 Å². The Labute approximate surface area is 155 Å². The van der Waals surface area contributed by atoms with Crippen LogP contribution in [-0.2, 0) is 0 Å². The summed E-state index contributed by atoms with van der Waals surface area (Å²) in [6, 6.07) is 15.8. The fraction of sp³-hybridized carbons (Fsp3) is 0.350. The normalized spacial score (nSPS) is 12.0. The van der Waals surface area contributed by atoms with Gasteiger partial charge >= 0.3 is 0 Å². The Balaban J connectivity index is 2.01. The van der Waals surface area contributed by atoms with E-state index in [2.05, 4.69) is 48.7 Å². The van der Waals surface area contributed by atoms with Crippen LogP contribution in [-0.4, -0.2) is 24.7 Å². The first kappa shape index (κ1) is 19.3. The van der Waals surface area contributed by atoms with Crippen LogP contribution in [0, 0.1) is 12.7 Å². The molecule has 25 heavy (non-hydrogen) atoms. The molecule has 0 radical (unpaired) electrons. The summed E-state index contributed by atoms with van der Waals surface area (Å²) in [6.45, 7) is 8.94. The van der Waals surface area contributed by atoms with E-state index in [4.69, 9.17) is 12.2 Å². The highest BCUT2D eigenvalue weighted by molar-refractivity contribution is 7.80. The van der Waals surface area contributed by atoms with E-state index in [-0.39, 0.29) is 5.82 Å². The molecular weight excluding hydrogens is 333 g/mol. The molecule has 5 heteroatoms. The molecule has 0 spiro atoms. The van der Waals surface area contributed by atoms with Gasteiger partial charge in [0.15, 0.2) is 5.11 Å². The number of halogens is 1. The zero-order valence-electron chi connectivity index (χ0n) is 15.1. The maximum atomic E-state index is 13.7. The van der Waals surface area contributed by atoms with Gasteiger partial charge in [0.05, 0.1) is 19.6 Å². The van der Waals surface area contributed by atoms with Crippen LogP contribution in [0.5, 0.6) is 0 Å². The Bertz CT molecular complexity index is 687. The minimum atomic E-state index is -0.234. The van der Waals surface area contributed by atoms with Gasteiger partial charge in [0.25, 0.3) is 0 Å². The maximum absolute atomic E-state index is 13.7. The quantitative estimate of drug-likeness (QED) is 0.663. The molecule has 2 aromatic rings. The minimum Gasteiger partial charge on any atom is -0.356 e. The molecule has 0 amide bonds. The smallest absolute Gasteiger partial charge is 0.171 e. The molecular formula is C20H27FN3S+. The molecule has 0 bridgehead atoms. The molecule has 0 aliphatic heterocycles. The Morgan fingerprint density at radius 1 is 1.12 bits per heavy atom. The van der Waals surface area contributed by atoms with Crippen LogP contribution in [0.3, 0.4) is 0 Å². The van der Waals surface area contributed by atoms with Crippen LogP contribution in [0.4, 0.5) is 10.1 Å². The molecule has 0 saturated heterocycles. The van der Waals surface area contributed by atoms with Crippen molar-refractivity contribution in [1.82, 2.24) is 5.32 Å². The Morgan fingerprint density at radius 3 is 2.40 bits per heavy atom. The van der Waals surface area contributed by atoms with Crippen LogP contribution >= 0.6 is 12.2 Å². The van der Waals surface area contributed by atoms with E-state index in [0.29, 0.717) is 22.4 Å². The summed E-state index contributed by atoms with van der Waals surface area (Å²) in [4.78, 5) is 1.49. The number of likely N-dealkylation sites (N-methyl/N-ethyl adjacent to an activating group) is 1. The van der Waals surface area contributed by atoms with Crippen LogP contribution in [0.15, 0.2) is 48.5 Å². The standard InChI is InChI=1S/C20H26FN3S/c1-4-24(5-2)19(16-9-7-6-8-10-16)14-22-20(25)23-17-12-11-15(3)18(21)13-17/h6-13,19H,4-5,14H2,1-3H3,(H2,22,23,25)/p+1/t19-/m0/s1. The number of quaternary nitrogens is 1. The van der Waals surface area contributed by atoms with Crippen molar-refractivity contribution in [2.75, 3.05) is 25.0 Å². The Hall–Kier alpha value is -1.98. The first-order chi connectivity index (χ1) is 12.0. The lowest BCUT2D eigenvalue weighted by Crippen LogP contribution is -3.12. The van der Waals surface area contributed by atoms with E-state index in [1.165, 1.54) is 16.5 Å². The third-order valence-corrected chi connectivity index (χ3v) is 4.75. The van der Waals surface area contributed by atoms with Crippen molar-refractivity contribution in [3.8, 4) is 0 Å². The molecule has 2 rings (SSSR count). The number of aryl methyl sites for hydroxylation is 1. The zero-order chi connectivity index (χ0) is 18.2.